The number of hydrogen-bond donors (Lipinski definition) is 0. The molecule has 0 N–H and O–H groups in total. The minimum absolute atomic E-state index is 0.00874. The van der Waals surface area contributed by atoms with Crippen LogP contribution in [0.15, 0.2) is 65.7 Å². The van der Waals surface area contributed by atoms with Gasteiger partial charge in [-0.15, -0.1) is 0 Å². The molecule has 1 amide bonds. The Bertz CT molecular complexity index is 1340. The fourth-order valence-corrected chi connectivity index (χ4v) is 4.54. The van der Waals surface area contributed by atoms with E-state index < -0.39 is 0 Å². The number of aryl methyl sites for hydroxylation is 1. The van der Waals surface area contributed by atoms with E-state index in [9.17, 15) is 9.59 Å². The predicted octanol–water partition coefficient (Wildman–Crippen LogP) is 2.69. The zero-order valence-corrected chi connectivity index (χ0v) is 17.7. The first kappa shape index (κ1) is 19.4. The van der Waals surface area contributed by atoms with Gasteiger partial charge in [0.2, 0.25) is 5.91 Å². The summed E-state index contributed by atoms with van der Waals surface area (Å²) in [6.07, 6.45) is 3.50. The molecule has 0 bridgehead atoms. The Morgan fingerprint density at radius 2 is 1.94 bits per heavy atom. The summed E-state index contributed by atoms with van der Waals surface area (Å²) in [5.74, 6) is -0.0549. The Morgan fingerprint density at radius 1 is 1.10 bits per heavy atom. The molecule has 0 saturated carbocycles. The van der Waals surface area contributed by atoms with Gasteiger partial charge < -0.3 is 14.2 Å². The lowest BCUT2D eigenvalue weighted by Crippen LogP contribution is -2.54. The number of fused-ring (bicyclic) bond motifs is 3. The van der Waals surface area contributed by atoms with Gasteiger partial charge in [-0.25, -0.2) is 4.98 Å². The van der Waals surface area contributed by atoms with Crippen LogP contribution in [-0.2, 0) is 11.3 Å². The number of nitrogens with zero attached hydrogens (tertiary/aromatic N) is 5. The third-order valence-corrected chi connectivity index (χ3v) is 6.10. The highest BCUT2D eigenvalue weighted by atomic mass is 16.2. The van der Waals surface area contributed by atoms with Crippen LogP contribution in [0.5, 0.6) is 0 Å². The maximum atomic E-state index is 13.2. The van der Waals surface area contributed by atoms with Crippen molar-refractivity contribution in [1.29, 1.82) is 0 Å². The number of rotatable bonds is 3. The number of piperazine rings is 1. The van der Waals surface area contributed by atoms with E-state index in [0.717, 1.165) is 12.1 Å². The zero-order chi connectivity index (χ0) is 21.5. The first-order valence-corrected chi connectivity index (χ1v) is 10.6. The van der Waals surface area contributed by atoms with E-state index >= 15 is 0 Å². The molecule has 0 spiro atoms. The number of pyridine rings is 1. The van der Waals surface area contributed by atoms with E-state index in [1.54, 1.807) is 12.3 Å². The van der Waals surface area contributed by atoms with Gasteiger partial charge in [0.25, 0.3) is 5.56 Å². The Hall–Kier alpha value is -3.61. The number of anilines is 1. The Kier molecular flexibility index (Phi) is 4.73. The largest absolute Gasteiger partial charge is 0.365 e. The molecule has 7 heteroatoms. The van der Waals surface area contributed by atoms with Crippen LogP contribution >= 0.6 is 0 Å². The van der Waals surface area contributed by atoms with Crippen molar-refractivity contribution >= 4 is 28.3 Å². The fraction of sp³-hybridized carbons (Fsp3) is 0.292. The van der Waals surface area contributed by atoms with Crippen LogP contribution in [0.1, 0.15) is 12.5 Å². The number of carbonyl (C=O) groups is 1. The molecule has 1 aliphatic heterocycles. The van der Waals surface area contributed by atoms with Gasteiger partial charge in [0.05, 0.1) is 5.52 Å². The van der Waals surface area contributed by atoms with Crippen LogP contribution < -0.4 is 10.5 Å². The molecule has 0 radical (unpaired) electrons. The lowest BCUT2D eigenvalue weighted by Gasteiger charge is -2.41. The van der Waals surface area contributed by atoms with Gasteiger partial charge in [-0.2, -0.15) is 0 Å². The van der Waals surface area contributed by atoms with Crippen LogP contribution in [0.2, 0.25) is 0 Å². The predicted molar refractivity (Wildman–Crippen MR) is 122 cm³/mol. The summed E-state index contributed by atoms with van der Waals surface area (Å²) in [6.45, 7) is 6.24. The second-order valence-electron chi connectivity index (χ2n) is 8.22. The highest BCUT2D eigenvalue weighted by Gasteiger charge is 2.27. The summed E-state index contributed by atoms with van der Waals surface area (Å²) in [6, 6.07) is 16.0. The molecule has 7 nitrogen and oxygen atoms in total. The first-order chi connectivity index (χ1) is 15.0. The third-order valence-electron chi connectivity index (χ3n) is 6.10. The monoisotopic (exact) mass is 415 g/mol. The minimum Gasteiger partial charge on any atom is -0.365 e. The van der Waals surface area contributed by atoms with Crippen molar-refractivity contribution in [3.05, 3.63) is 76.8 Å². The van der Waals surface area contributed by atoms with Crippen LogP contribution in [0.25, 0.3) is 16.7 Å². The van der Waals surface area contributed by atoms with Gasteiger partial charge >= 0.3 is 0 Å². The maximum Gasteiger partial charge on any atom is 0.276 e. The highest BCUT2D eigenvalue weighted by Crippen LogP contribution is 2.22. The fourth-order valence-electron chi connectivity index (χ4n) is 4.54. The molecule has 1 aromatic carbocycles. The average molecular weight is 415 g/mol. The summed E-state index contributed by atoms with van der Waals surface area (Å²) in [5, 5.41) is 0. The Balaban J connectivity index is 1.40. The SMILES string of the molecule is Cc1cccc(N2CCN(C(=O)Cn3c(=O)c4cccn4c4cccnc43)C[C@@H]2C)c1. The quantitative estimate of drug-likeness (QED) is 0.516. The van der Waals surface area contributed by atoms with Gasteiger partial charge in [0, 0.05) is 43.8 Å². The number of amides is 1. The second-order valence-corrected chi connectivity index (χ2v) is 8.22. The van der Waals surface area contributed by atoms with Crippen LogP contribution in [0.3, 0.4) is 0 Å². The van der Waals surface area contributed by atoms with Crippen molar-refractivity contribution < 1.29 is 4.79 Å². The van der Waals surface area contributed by atoms with E-state index in [-0.39, 0.29) is 24.1 Å². The third kappa shape index (κ3) is 3.36. The standard InChI is InChI=1S/C24H25N5O2/c1-17-6-3-7-19(14-17)27-13-12-26(15-18(27)2)22(30)16-29-23-20(8-4-10-25-23)28-11-5-9-21(28)24(29)31/h3-11,14,18H,12-13,15-16H2,1-2H3/t18-/m0/s1. The van der Waals surface area contributed by atoms with Gasteiger partial charge in [-0.3, -0.25) is 14.2 Å². The molecule has 0 aliphatic carbocycles. The topological polar surface area (TPSA) is 62.8 Å². The van der Waals surface area contributed by atoms with Crippen LogP contribution in [0, 0.1) is 6.92 Å². The molecule has 158 valence electrons. The molecular formula is C24H25N5O2. The number of hydrogen-bond acceptors (Lipinski definition) is 4. The molecule has 1 aliphatic rings. The number of aromatic nitrogens is 3. The Labute approximate surface area is 180 Å². The smallest absolute Gasteiger partial charge is 0.276 e. The minimum atomic E-state index is -0.198. The Morgan fingerprint density at radius 3 is 2.74 bits per heavy atom. The molecule has 1 saturated heterocycles. The molecule has 0 unspecified atom stereocenters. The number of benzene rings is 1. The lowest BCUT2D eigenvalue weighted by atomic mass is 10.1. The average Bonchev–Trinajstić information content (AvgIpc) is 3.27. The van der Waals surface area contributed by atoms with Crippen molar-refractivity contribution in [3.63, 3.8) is 0 Å². The van der Waals surface area contributed by atoms with E-state index in [1.165, 1.54) is 15.8 Å². The van der Waals surface area contributed by atoms with Crippen LogP contribution in [0.4, 0.5) is 5.69 Å². The van der Waals surface area contributed by atoms with E-state index in [2.05, 4.69) is 48.0 Å². The molecule has 4 heterocycles. The van der Waals surface area contributed by atoms with Crippen molar-refractivity contribution in [1.82, 2.24) is 18.9 Å². The van der Waals surface area contributed by atoms with E-state index in [4.69, 9.17) is 0 Å². The molecule has 1 atom stereocenters. The lowest BCUT2D eigenvalue weighted by molar-refractivity contribution is -0.132. The highest BCUT2D eigenvalue weighted by molar-refractivity contribution is 5.80. The van der Waals surface area contributed by atoms with Crippen molar-refractivity contribution in [3.8, 4) is 0 Å². The van der Waals surface area contributed by atoms with E-state index in [1.807, 2.05) is 33.7 Å². The van der Waals surface area contributed by atoms with Gasteiger partial charge in [0.15, 0.2) is 5.65 Å². The molecule has 31 heavy (non-hydrogen) atoms. The summed E-state index contributed by atoms with van der Waals surface area (Å²) in [5.41, 5.74) is 4.10. The van der Waals surface area contributed by atoms with Crippen molar-refractivity contribution in [2.24, 2.45) is 0 Å². The van der Waals surface area contributed by atoms with Gasteiger partial charge in [-0.1, -0.05) is 12.1 Å². The summed E-state index contributed by atoms with van der Waals surface area (Å²) < 4.78 is 3.33. The summed E-state index contributed by atoms with van der Waals surface area (Å²) in [7, 11) is 0. The van der Waals surface area contributed by atoms with E-state index in [0.29, 0.717) is 24.3 Å². The molecule has 1 fully saturated rings. The normalized spacial score (nSPS) is 16.9. The molecule has 3 aromatic heterocycles. The second kappa shape index (κ2) is 7.58. The van der Waals surface area contributed by atoms with Gasteiger partial charge in [0.1, 0.15) is 12.1 Å². The maximum absolute atomic E-state index is 13.2. The molecule has 5 rings (SSSR count). The van der Waals surface area contributed by atoms with Gasteiger partial charge in [-0.05, 0) is 55.8 Å². The van der Waals surface area contributed by atoms with Crippen LogP contribution in [-0.4, -0.2) is 50.4 Å². The summed E-state index contributed by atoms with van der Waals surface area (Å²) in [4.78, 5) is 34.9. The molecule has 4 aromatic rings. The summed E-state index contributed by atoms with van der Waals surface area (Å²) >= 11 is 0. The number of carbonyl (C=O) groups excluding carboxylic acids is 1. The molecular weight excluding hydrogens is 390 g/mol. The zero-order valence-electron chi connectivity index (χ0n) is 17.7. The van der Waals surface area contributed by atoms with Crippen molar-refractivity contribution in [2.75, 3.05) is 24.5 Å². The first-order valence-electron chi connectivity index (χ1n) is 10.6. The van der Waals surface area contributed by atoms with Crippen molar-refractivity contribution in [2.45, 2.75) is 26.4 Å².